The van der Waals surface area contributed by atoms with Crippen molar-refractivity contribution in [1.29, 1.82) is 0 Å². The lowest BCUT2D eigenvalue weighted by atomic mass is 10.2. The number of hydrogen-bond donors (Lipinski definition) is 3. The van der Waals surface area contributed by atoms with Crippen LogP contribution in [0.4, 0.5) is 24.5 Å². The van der Waals surface area contributed by atoms with Crippen LogP contribution in [-0.2, 0) is 15.8 Å². The Morgan fingerprint density at radius 3 is 2.32 bits per heavy atom. The van der Waals surface area contributed by atoms with E-state index in [4.69, 9.17) is 23.2 Å². The zero-order valence-corrected chi connectivity index (χ0v) is 20.4. The number of nitrogens with zero attached hydrogens (tertiary/aromatic N) is 1. The molecule has 0 saturated carbocycles. The standard InChI is InChI=1S/C25H17Cl2F3N4O3/c1-13-18(27)6-3-7-19(13)32-22(35)21-11-14-10-16(26)8-9-20(14)34(21)33-24(37)23(36)31-17-5-2-4-15(12-17)25(28,29)30/h2-12H,1H3,(H,31,36)(H,32,35)(H,33,37). The molecule has 0 unspecified atom stereocenters. The van der Waals surface area contributed by atoms with Gasteiger partial charge in [0.05, 0.1) is 11.1 Å². The predicted molar refractivity (Wildman–Crippen MR) is 136 cm³/mol. The highest BCUT2D eigenvalue weighted by molar-refractivity contribution is 6.42. The lowest BCUT2D eigenvalue weighted by Gasteiger charge is -2.14. The largest absolute Gasteiger partial charge is 0.416 e. The molecule has 0 aliphatic heterocycles. The third kappa shape index (κ3) is 5.71. The molecule has 37 heavy (non-hydrogen) atoms. The number of amides is 3. The monoisotopic (exact) mass is 548 g/mol. The van der Waals surface area contributed by atoms with Crippen LogP contribution < -0.4 is 16.1 Å². The van der Waals surface area contributed by atoms with Gasteiger partial charge in [-0.25, -0.2) is 4.68 Å². The fourth-order valence-corrected chi connectivity index (χ4v) is 3.87. The first-order chi connectivity index (χ1) is 17.4. The highest BCUT2D eigenvalue weighted by Crippen LogP contribution is 2.31. The number of halogens is 5. The average Bonchev–Trinajstić information content (AvgIpc) is 3.19. The lowest BCUT2D eigenvalue weighted by molar-refractivity contribution is -0.137. The zero-order chi connectivity index (χ0) is 26.9. The topological polar surface area (TPSA) is 92.2 Å². The third-order valence-corrected chi connectivity index (χ3v) is 6.02. The number of carbonyl (C=O) groups is 3. The smallest absolute Gasteiger partial charge is 0.320 e. The van der Waals surface area contributed by atoms with E-state index in [0.29, 0.717) is 38.3 Å². The van der Waals surface area contributed by atoms with Crippen LogP contribution in [0.5, 0.6) is 0 Å². The summed E-state index contributed by atoms with van der Waals surface area (Å²) in [5, 5.41) is 6.13. The quantitative estimate of drug-likeness (QED) is 0.264. The Kier molecular flexibility index (Phi) is 7.15. The van der Waals surface area contributed by atoms with E-state index in [1.807, 2.05) is 0 Å². The van der Waals surface area contributed by atoms with Gasteiger partial charge in [0, 0.05) is 26.8 Å². The molecule has 0 radical (unpaired) electrons. The van der Waals surface area contributed by atoms with E-state index in [1.165, 1.54) is 24.3 Å². The molecule has 12 heteroatoms. The van der Waals surface area contributed by atoms with E-state index in [0.717, 1.165) is 16.8 Å². The fraction of sp³-hybridized carbons (Fsp3) is 0.0800. The van der Waals surface area contributed by atoms with Crippen LogP contribution in [0.1, 0.15) is 21.6 Å². The van der Waals surface area contributed by atoms with Gasteiger partial charge in [-0.1, -0.05) is 35.3 Å². The summed E-state index contributed by atoms with van der Waals surface area (Å²) in [7, 11) is 0. The summed E-state index contributed by atoms with van der Waals surface area (Å²) >= 11 is 12.2. The molecule has 0 bridgehead atoms. The van der Waals surface area contributed by atoms with Gasteiger partial charge in [-0.2, -0.15) is 13.2 Å². The minimum atomic E-state index is -4.63. The Morgan fingerprint density at radius 2 is 1.59 bits per heavy atom. The average molecular weight is 549 g/mol. The van der Waals surface area contributed by atoms with Crippen molar-refractivity contribution in [3.63, 3.8) is 0 Å². The molecule has 0 aliphatic rings. The van der Waals surface area contributed by atoms with Crippen LogP contribution in [0.25, 0.3) is 10.9 Å². The minimum absolute atomic E-state index is 0.0446. The van der Waals surface area contributed by atoms with Gasteiger partial charge < -0.3 is 10.6 Å². The summed E-state index contributed by atoms with van der Waals surface area (Å²) in [5.41, 5.74) is 2.45. The number of hydrogen-bond acceptors (Lipinski definition) is 3. The number of rotatable bonds is 4. The molecule has 0 atom stereocenters. The van der Waals surface area contributed by atoms with Crippen molar-refractivity contribution in [1.82, 2.24) is 4.68 Å². The minimum Gasteiger partial charge on any atom is -0.320 e. The number of fused-ring (bicyclic) bond motifs is 1. The predicted octanol–water partition coefficient (Wildman–Crippen LogP) is 6.24. The third-order valence-electron chi connectivity index (χ3n) is 5.38. The Labute approximate surface area is 218 Å². The summed E-state index contributed by atoms with van der Waals surface area (Å²) in [6, 6.07) is 14.9. The van der Waals surface area contributed by atoms with Crippen LogP contribution >= 0.6 is 23.2 Å². The maximum atomic E-state index is 13.2. The molecule has 1 aromatic heterocycles. The van der Waals surface area contributed by atoms with E-state index < -0.39 is 29.5 Å². The lowest BCUT2D eigenvalue weighted by Crippen LogP contribution is -2.36. The second kappa shape index (κ2) is 10.2. The maximum absolute atomic E-state index is 13.2. The zero-order valence-electron chi connectivity index (χ0n) is 18.9. The first-order valence-corrected chi connectivity index (χ1v) is 11.4. The molecule has 3 N–H and O–H groups in total. The van der Waals surface area contributed by atoms with E-state index in [2.05, 4.69) is 16.1 Å². The van der Waals surface area contributed by atoms with Crippen molar-refractivity contribution in [2.24, 2.45) is 0 Å². The second-order valence-corrected chi connectivity index (χ2v) is 8.75. The van der Waals surface area contributed by atoms with Crippen molar-refractivity contribution >= 4 is 63.2 Å². The Balaban J connectivity index is 1.62. The first-order valence-electron chi connectivity index (χ1n) is 10.6. The molecule has 3 aromatic carbocycles. The molecule has 1 heterocycles. The summed E-state index contributed by atoms with van der Waals surface area (Å²) in [4.78, 5) is 38.3. The van der Waals surface area contributed by atoms with Gasteiger partial charge in [0.1, 0.15) is 5.69 Å². The Morgan fingerprint density at radius 1 is 0.865 bits per heavy atom. The van der Waals surface area contributed by atoms with E-state index in [-0.39, 0.29) is 11.4 Å². The highest BCUT2D eigenvalue weighted by atomic mass is 35.5. The van der Waals surface area contributed by atoms with Crippen LogP contribution in [0.2, 0.25) is 10.0 Å². The number of carbonyl (C=O) groups excluding carboxylic acids is 3. The van der Waals surface area contributed by atoms with Crippen molar-refractivity contribution in [2.75, 3.05) is 16.1 Å². The molecular formula is C25H17Cl2F3N4O3. The van der Waals surface area contributed by atoms with Crippen molar-refractivity contribution < 1.29 is 27.6 Å². The molecular weight excluding hydrogens is 532 g/mol. The summed E-state index contributed by atoms with van der Waals surface area (Å²) in [6.45, 7) is 1.72. The van der Waals surface area contributed by atoms with Crippen molar-refractivity contribution in [2.45, 2.75) is 13.1 Å². The molecule has 4 rings (SSSR count). The molecule has 4 aromatic rings. The number of alkyl halides is 3. The Hall–Kier alpha value is -4.02. The molecule has 0 fully saturated rings. The molecule has 7 nitrogen and oxygen atoms in total. The van der Waals surface area contributed by atoms with Gasteiger partial charge in [-0.05, 0) is 67.1 Å². The van der Waals surface area contributed by atoms with Crippen molar-refractivity contribution in [3.8, 4) is 0 Å². The maximum Gasteiger partial charge on any atom is 0.416 e. The number of nitrogens with one attached hydrogen (secondary N) is 3. The molecule has 190 valence electrons. The van der Waals surface area contributed by atoms with Crippen LogP contribution in [0.3, 0.4) is 0 Å². The van der Waals surface area contributed by atoms with Crippen LogP contribution in [0, 0.1) is 6.92 Å². The van der Waals surface area contributed by atoms with Gasteiger partial charge in [0.15, 0.2) is 0 Å². The van der Waals surface area contributed by atoms with Gasteiger partial charge in [0.25, 0.3) is 5.91 Å². The second-order valence-electron chi connectivity index (χ2n) is 7.91. The summed E-state index contributed by atoms with van der Waals surface area (Å²) < 4.78 is 40.0. The highest BCUT2D eigenvalue weighted by Gasteiger charge is 2.30. The molecule has 0 aliphatic carbocycles. The Bertz CT molecular complexity index is 1550. The molecule has 0 spiro atoms. The summed E-state index contributed by atoms with van der Waals surface area (Å²) in [5.74, 6) is -3.10. The number of anilines is 2. The molecule has 3 amide bonds. The van der Waals surface area contributed by atoms with Gasteiger partial charge in [0.2, 0.25) is 0 Å². The van der Waals surface area contributed by atoms with Crippen molar-refractivity contribution in [3.05, 3.63) is 93.6 Å². The fourth-order valence-electron chi connectivity index (χ4n) is 3.52. The number of aromatic nitrogens is 1. The van der Waals surface area contributed by atoms with E-state index >= 15 is 0 Å². The van der Waals surface area contributed by atoms with E-state index in [9.17, 15) is 27.6 Å². The first kappa shape index (κ1) is 26.1. The van der Waals surface area contributed by atoms with Gasteiger partial charge in [-0.3, -0.25) is 19.8 Å². The normalized spacial score (nSPS) is 11.3. The summed E-state index contributed by atoms with van der Waals surface area (Å²) in [6.07, 6.45) is -4.63. The number of benzene rings is 3. The van der Waals surface area contributed by atoms with E-state index in [1.54, 1.807) is 31.2 Å². The van der Waals surface area contributed by atoms with Gasteiger partial charge >= 0.3 is 18.0 Å². The van der Waals surface area contributed by atoms with Crippen LogP contribution in [0.15, 0.2) is 66.7 Å². The van der Waals surface area contributed by atoms with Gasteiger partial charge in [-0.15, -0.1) is 0 Å². The van der Waals surface area contributed by atoms with Crippen LogP contribution in [-0.4, -0.2) is 22.4 Å². The SMILES string of the molecule is Cc1c(Cl)cccc1NC(=O)c1cc2cc(Cl)ccc2n1NC(=O)C(=O)Nc1cccc(C(F)(F)F)c1. The molecule has 0 saturated heterocycles.